The van der Waals surface area contributed by atoms with Crippen molar-refractivity contribution >= 4 is 23.2 Å². The quantitative estimate of drug-likeness (QED) is 0.695. The van der Waals surface area contributed by atoms with E-state index in [1.807, 2.05) is 12.1 Å². The first-order chi connectivity index (χ1) is 14.3. The largest absolute Gasteiger partial charge is 0.573 e. The fourth-order valence-electron chi connectivity index (χ4n) is 3.78. The van der Waals surface area contributed by atoms with Crippen molar-refractivity contribution in [2.45, 2.75) is 25.9 Å². The SMILES string of the molecule is O=C1c2c(Cl)cc(N3CCCOCC3)cc2CN1Cc1ccc(OC(F)(F)F)cc1. The minimum Gasteiger partial charge on any atom is -0.406 e. The van der Waals surface area contributed by atoms with Crippen molar-refractivity contribution in [2.24, 2.45) is 0 Å². The van der Waals surface area contributed by atoms with Crippen LogP contribution < -0.4 is 9.64 Å². The number of hydrogen-bond donors (Lipinski definition) is 0. The van der Waals surface area contributed by atoms with Gasteiger partial charge in [-0.15, -0.1) is 13.2 Å². The minimum absolute atomic E-state index is 0.184. The molecule has 0 radical (unpaired) electrons. The van der Waals surface area contributed by atoms with Crippen molar-refractivity contribution in [3.05, 3.63) is 58.1 Å². The van der Waals surface area contributed by atoms with Crippen LogP contribution >= 0.6 is 11.6 Å². The Balaban J connectivity index is 1.48. The lowest BCUT2D eigenvalue weighted by Gasteiger charge is -2.23. The molecule has 0 atom stereocenters. The van der Waals surface area contributed by atoms with Crippen molar-refractivity contribution in [1.82, 2.24) is 4.90 Å². The lowest BCUT2D eigenvalue weighted by molar-refractivity contribution is -0.274. The molecular weight excluding hydrogens is 421 g/mol. The van der Waals surface area contributed by atoms with Crippen molar-refractivity contribution in [2.75, 3.05) is 31.2 Å². The fraction of sp³-hybridized carbons (Fsp3) is 0.381. The van der Waals surface area contributed by atoms with Crippen LogP contribution in [0.3, 0.4) is 0 Å². The third kappa shape index (κ3) is 4.65. The molecule has 2 aliphatic rings. The molecule has 9 heteroatoms. The summed E-state index contributed by atoms with van der Waals surface area (Å²) in [5.74, 6) is -0.479. The van der Waals surface area contributed by atoms with Crippen molar-refractivity contribution in [3.8, 4) is 5.75 Å². The highest BCUT2D eigenvalue weighted by Gasteiger charge is 2.32. The highest BCUT2D eigenvalue weighted by atomic mass is 35.5. The number of benzene rings is 2. The van der Waals surface area contributed by atoms with Gasteiger partial charge in [0.2, 0.25) is 0 Å². The van der Waals surface area contributed by atoms with E-state index in [9.17, 15) is 18.0 Å². The Morgan fingerprint density at radius 3 is 2.60 bits per heavy atom. The standard InChI is InChI=1S/C21H20ClF3N2O3/c22-18-11-16(26-6-1-8-29-9-7-26)10-15-13-27(20(28)19(15)18)12-14-2-4-17(5-3-14)30-21(23,24)25/h2-5,10-11H,1,6-9,12-13H2. The summed E-state index contributed by atoms with van der Waals surface area (Å²) in [6.45, 7) is 3.66. The Morgan fingerprint density at radius 2 is 1.87 bits per heavy atom. The molecule has 2 aliphatic heterocycles. The van der Waals surface area contributed by atoms with Crippen molar-refractivity contribution in [3.63, 3.8) is 0 Å². The summed E-state index contributed by atoms with van der Waals surface area (Å²) in [7, 11) is 0. The van der Waals surface area contributed by atoms with E-state index < -0.39 is 6.36 Å². The van der Waals surface area contributed by atoms with Gasteiger partial charge in [0.25, 0.3) is 5.91 Å². The zero-order valence-corrected chi connectivity index (χ0v) is 16.8. The number of carbonyl (C=O) groups is 1. The minimum atomic E-state index is -4.73. The van der Waals surface area contributed by atoms with E-state index >= 15 is 0 Å². The maximum absolute atomic E-state index is 12.9. The first kappa shape index (κ1) is 20.8. The number of rotatable bonds is 4. The zero-order chi connectivity index (χ0) is 21.3. The van der Waals surface area contributed by atoms with Crippen LogP contribution in [-0.4, -0.2) is 43.5 Å². The van der Waals surface area contributed by atoms with Gasteiger partial charge in [-0.25, -0.2) is 0 Å². The molecule has 0 saturated carbocycles. The molecule has 4 rings (SSSR count). The summed E-state index contributed by atoms with van der Waals surface area (Å²) in [4.78, 5) is 16.7. The molecule has 0 unspecified atom stereocenters. The Kier molecular flexibility index (Phi) is 5.79. The molecular formula is C21H20ClF3N2O3. The first-order valence-electron chi connectivity index (χ1n) is 9.59. The number of anilines is 1. The van der Waals surface area contributed by atoms with Gasteiger partial charge in [-0.3, -0.25) is 4.79 Å². The third-order valence-corrected chi connectivity index (χ3v) is 5.43. The van der Waals surface area contributed by atoms with Crippen LogP contribution in [0, 0.1) is 0 Å². The van der Waals surface area contributed by atoms with Crippen LogP contribution in [0.2, 0.25) is 5.02 Å². The molecule has 2 aromatic carbocycles. The second kappa shape index (κ2) is 8.35. The van der Waals surface area contributed by atoms with Crippen LogP contribution in [0.15, 0.2) is 36.4 Å². The maximum Gasteiger partial charge on any atom is 0.573 e. The number of fused-ring (bicyclic) bond motifs is 1. The second-order valence-electron chi connectivity index (χ2n) is 7.27. The molecule has 0 bridgehead atoms. The predicted molar refractivity (Wildman–Crippen MR) is 106 cm³/mol. The lowest BCUT2D eigenvalue weighted by atomic mass is 10.1. The van der Waals surface area contributed by atoms with E-state index in [2.05, 4.69) is 9.64 Å². The third-order valence-electron chi connectivity index (χ3n) is 5.14. The summed E-state index contributed by atoms with van der Waals surface area (Å²) in [6, 6.07) is 9.32. The molecule has 1 fully saturated rings. The smallest absolute Gasteiger partial charge is 0.406 e. The molecule has 30 heavy (non-hydrogen) atoms. The maximum atomic E-state index is 12.9. The van der Waals surface area contributed by atoms with Gasteiger partial charge in [-0.05, 0) is 41.8 Å². The molecule has 1 amide bonds. The van der Waals surface area contributed by atoms with Gasteiger partial charge >= 0.3 is 6.36 Å². The summed E-state index contributed by atoms with van der Waals surface area (Å²) >= 11 is 6.45. The Hall–Kier alpha value is -2.45. The molecule has 0 N–H and O–H groups in total. The van der Waals surface area contributed by atoms with Crippen LogP contribution in [0.1, 0.15) is 27.9 Å². The number of ether oxygens (including phenoxy) is 2. The molecule has 2 heterocycles. The number of hydrogen-bond acceptors (Lipinski definition) is 4. The Morgan fingerprint density at radius 1 is 1.10 bits per heavy atom. The number of carbonyl (C=O) groups excluding carboxylic acids is 1. The summed E-state index contributed by atoms with van der Waals surface area (Å²) in [5, 5.41) is 0.411. The van der Waals surface area contributed by atoms with Crippen molar-refractivity contribution < 1.29 is 27.4 Å². The van der Waals surface area contributed by atoms with E-state index in [1.165, 1.54) is 24.3 Å². The number of halogens is 4. The van der Waals surface area contributed by atoms with Gasteiger partial charge < -0.3 is 19.3 Å². The fourth-order valence-corrected chi connectivity index (χ4v) is 4.09. The molecule has 1 saturated heterocycles. The van der Waals surface area contributed by atoms with Gasteiger partial charge in [0.05, 0.1) is 17.2 Å². The van der Waals surface area contributed by atoms with Gasteiger partial charge in [-0.1, -0.05) is 23.7 Å². The lowest BCUT2D eigenvalue weighted by Crippen LogP contribution is -2.26. The van der Waals surface area contributed by atoms with Gasteiger partial charge in [-0.2, -0.15) is 0 Å². The summed E-state index contributed by atoms with van der Waals surface area (Å²) < 4.78 is 46.3. The van der Waals surface area contributed by atoms with E-state index in [4.69, 9.17) is 16.3 Å². The molecule has 0 aromatic heterocycles. The molecule has 160 valence electrons. The first-order valence-corrected chi connectivity index (χ1v) is 9.97. The average molecular weight is 441 g/mol. The highest BCUT2D eigenvalue weighted by molar-refractivity contribution is 6.34. The normalized spacial score (nSPS) is 17.1. The van der Waals surface area contributed by atoms with Gasteiger partial charge in [0.15, 0.2) is 0 Å². The second-order valence-corrected chi connectivity index (χ2v) is 7.67. The van der Waals surface area contributed by atoms with Gasteiger partial charge in [0.1, 0.15) is 5.75 Å². The van der Waals surface area contributed by atoms with Crippen LogP contribution in [0.25, 0.3) is 0 Å². The molecule has 0 spiro atoms. The van der Waals surface area contributed by atoms with Crippen LogP contribution in [0.4, 0.5) is 18.9 Å². The number of nitrogens with zero attached hydrogens (tertiary/aromatic N) is 2. The topological polar surface area (TPSA) is 42.0 Å². The molecule has 0 aliphatic carbocycles. The average Bonchev–Trinajstić information content (AvgIpc) is 2.86. The predicted octanol–water partition coefficient (Wildman–Crippen LogP) is 4.62. The Bertz CT molecular complexity index is 926. The van der Waals surface area contributed by atoms with E-state index in [1.54, 1.807) is 4.90 Å². The number of amides is 1. The number of alkyl halides is 3. The summed E-state index contributed by atoms with van der Waals surface area (Å²) in [5.41, 5.74) is 3.01. The zero-order valence-electron chi connectivity index (χ0n) is 16.0. The van der Waals surface area contributed by atoms with E-state index in [0.717, 1.165) is 37.4 Å². The van der Waals surface area contributed by atoms with Gasteiger partial charge in [0, 0.05) is 38.5 Å². The van der Waals surface area contributed by atoms with Crippen molar-refractivity contribution in [1.29, 1.82) is 0 Å². The monoisotopic (exact) mass is 440 g/mol. The van der Waals surface area contributed by atoms with Crippen LogP contribution in [0.5, 0.6) is 5.75 Å². The summed E-state index contributed by atoms with van der Waals surface area (Å²) in [6.07, 6.45) is -3.81. The molecule has 5 nitrogen and oxygen atoms in total. The molecule has 2 aromatic rings. The van der Waals surface area contributed by atoms with Crippen LogP contribution in [-0.2, 0) is 17.8 Å². The highest BCUT2D eigenvalue weighted by Crippen LogP contribution is 2.35. The van der Waals surface area contributed by atoms with E-state index in [-0.39, 0.29) is 18.2 Å². The van der Waals surface area contributed by atoms with E-state index in [0.29, 0.717) is 29.3 Å². The Labute approximate surface area is 176 Å².